The molecule has 0 radical (unpaired) electrons. The molecule has 1 unspecified atom stereocenters. The number of amides is 1. The van der Waals surface area contributed by atoms with Crippen LogP contribution in [0.25, 0.3) is 5.82 Å². The van der Waals surface area contributed by atoms with Gasteiger partial charge in [0.1, 0.15) is 12.1 Å². The third-order valence-corrected chi connectivity index (χ3v) is 5.94. The van der Waals surface area contributed by atoms with Crippen LogP contribution >= 0.6 is 0 Å². The molecule has 2 aromatic heterocycles. The van der Waals surface area contributed by atoms with E-state index < -0.39 is 30.5 Å². The molecule has 3 aromatic rings. The molecule has 208 valence electrons. The molecule has 1 atom stereocenters. The molecule has 0 saturated heterocycles. The average molecular weight is 554 g/mol. The van der Waals surface area contributed by atoms with Gasteiger partial charge in [0, 0.05) is 31.0 Å². The predicted molar refractivity (Wildman–Crippen MR) is 129 cm³/mol. The fourth-order valence-electron chi connectivity index (χ4n) is 3.94. The minimum Gasteiger partial charge on any atom is -0.475 e. The predicted octanol–water partition coefficient (Wildman–Crippen LogP) is 2.78. The van der Waals surface area contributed by atoms with Crippen molar-refractivity contribution in [3.63, 3.8) is 0 Å². The Morgan fingerprint density at radius 1 is 1.21 bits per heavy atom. The van der Waals surface area contributed by atoms with Gasteiger partial charge in [-0.2, -0.15) is 27.1 Å². The molecular weight excluding hydrogens is 531 g/mol. The number of benzene rings is 1. The molecule has 4 rings (SSSR count). The van der Waals surface area contributed by atoms with Gasteiger partial charge in [-0.25, -0.2) is 23.8 Å². The second-order valence-electron chi connectivity index (χ2n) is 8.50. The van der Waals surface area contributed by atoms with Crippen molar-refractivity contribution in [2.75, 3.05) is 18.5 Å². The number of carboxylic acid groups (broad SMARTS) is 1. The minimum atomic E-state index is -5.08. The van der Waals surface area contributed by atoms with Crippen LogP contribution in [-0.2, 0) is 22.6 Å². The van der Waals surface area contributed by atoms with Crippen molar-refractivity contribution in [2.24, 2.45) is 5.73 Å². The van der Waals surface area contributed by atoms with Gasteiger partial charge < -0.3 is 15.7 Å². The van der Waals surface area contributed by atoms with Crippen LogP contribution in [0.5, 0.6) is 0 Å². The number of fused-ring (bicyclic) bond motifs is 1. The zero-order valence-electron chi connectivity index (χ0n) is 20.6. The fourth-order valence-corrected chi connectivity index (χ4v) is 3.94. The number of carbonyl (C=O) groups is 2. The first-order chi connectivity index (χ1) is 18.3. The van der Waals surface area contributed by atoms with Crippen LogP contribution in [0.3, 0.4) is 0 Å². The Kier molecular flexibility index (Phi) is 8.64. The molecule has 10 nitrogen and oxygen atoms in total. The van der Waals surface area contributed by atoms with Crippen LogP contribution in [-0.4, -0.2) is 56.1 Å². The van der Waals surface area contributed by atoms with E-state index in [1.54, 1.807) is 25.1 Å². The number of pyridine rings is 1. The molecular formula is C24H23F5N6O4. The van der Waals surface area contributed by atoms with Crippen molar-refractivity contribution in [3.05, 3.63) is 81.7 Å². The molecule has 1 aliphatic heterocycles. The number of rotatable bonds is 5. The van der Waals surface area contributed by atoms with E-state index in [-0.39, 0.29) is 23.9 Å². The lowest BCUT2D eigenvalue weighted by atomic mass is 9.87. The summed E-state index contributed by atoms with van der Waals surface area (Å²) < 4.78 is 59.6. The van der Waals surface area contributed by atoms with Gasteiger partial charge in [0.25, 0.3) is 6.08 Å². The normalized spacial score (nSPS) is 14.8. The smallest absolute Gasteiger partial charge is 0.475 e. The summed E-state index contributed by atoms with van der Waals surface area (Å²) in [5.41, 5.74) is 7.71. The summed E-state index contributed by atoms with van der Waals surface area (Å²) in [7, 11) is 1.75. The number of aliphatic carboxylic acids is 1. The number of alkyl halides is 3. The molecule has 0 bridgehead atoms. The molecule has 0 spiro atoms. The van der Waals surface area contributed by atoms with E-state index in [1.165, 1.54) is 10.9 Å². The standard InChI is InChI=1S/C22H22F2N6O2.C2HF3O2/c1-13-7-15(17-8-14-5-3-4-6-18(14)28(2)21(17)31)10-26-20(13)29-12-27-30(22(29)32)11-16(9-25)19(23)24;3-2(4,5)1(6)7/h3-7,10,12,17H,8-9,11,25H2,1-2H3;(H,6,7). The third kappa shape index (κ3) is 6.37. The monoisotopic (exact) mass is 554 g/mol. The SMILES string of the molecule is Cc1cc(C2Cc3ccccc3N(C)C2=O)cnc1-n1cnn(CC(CN)=C(F)F)c1=O.O=C(O)C(F)(F)F. The first-order valence-electron chi connectivity index (χ1n) is 11.3. The minimum absolute atomic E-state index is 0.0306. The zero-order chi connectivity index (χ0) is 29.1. The van der Waals surface area contributed by atoms with E-state index in [0.717, 1.165) is 21.5 Å². The van der Waals surface area contributed by atoms with E-state index in [2.05, 4.69) is 10.1 Å². The van der Waals surface area contributed by atoms with Gasteiger partial charge in [-0.1, -0.05) is 24.3 Å². The number of nitrogens with two attached hydrogens (primary N) is 1. The highest BCUT2D eigenvalue weighted by Crippen LogP contribution is 2.34. The highest BCUT2D eigenvalue weighted by atomic mass is 19.4. The van der Waals surface area contributed by atoms with Gasteiger partial charge in [-0.15, -0.1) is 0 Å². The molecule has 39 heavy (non-hydrogen) atoms. The maximum absolute atomic E-state index is 13.0. The number of para-hydroxylation sites is 1. The fraction of sp³-hybridized carbons (Fsp3) is 0.292. The Morgan fingerprint density at radius 3 is 2.41 bits per heavy atom. The van der Waals surface area contributed by atoms with E-state index in [9.17, 15) is 31.5 Å². The summed E-state index contributed by atoms with van der Waals surface area (Å²) in [6.45, 7) is 0.998. The number of nitrogens with zero attached hydrogens (tertiary/aromatic N) is 5. The molecule has 1 aromatic carbocycles. The summed E-state index contributed by atoms with van der Waals surface area (Å²) in [5, 5.41) is 11.0. The average Bonchev–Trinajstić information content (AvgIpc) is 3.23. The Morgan fingerprint density at radius 2 is 1.85 bits per heavy atom. The van der Waals surface area contributed by atoms with E-state index in [1.807, 2.05) is 30.3 Å². The second kappa shape index (κ2) is 11.6. The van der Waals surface area contributed by atoms with Crippen LogP contribution in [0, 0.1) is 6.92 Å². The van der Waals surface area contributed by atoms with Crippen molar-refractivity contribution in [1.82, 2.24) is 19.3 Å². The maximum Gasteiger partial charge on any atom is 0.490 e. The van der Waals surface area contributed by atoms with Crippen molar-refractivity contribution >= 4 is 17.6 Å². The summed E-state index contributed by atoms with van der Waals surface area (Å²) in [6.07, 6.45) is -3.64. The second-order valence-corrected chi connectivity index (χ2v) is 8.50. The highest BCUT2D eigenvalue weighted by molar-refractivity contribution is 6.00. The lowest BCUT2D eigenvalue weighted by molar-refractivity contribution is -0.192. The third-order valence-electron chi connectivity index (χ3n) is 5.94. The van der Waals surface area contributed by atoms with Crippen molar-refractivity contribution in [1.29, 1.82) is 0 Å². The Hall–Kier alpha value is -4.40. The van der Waals surface area contributed by atoms with Gasteiger partial charge in [-0.05, 0) is 36.1 Å². The Balaban J connectivity index is 0.000000532. The lowest BCUT2D eigenvalue weighted by Crippen LogP contribution is -2.37. The lowest BCUT2D eigenvalue weighted by Gasteiger charge is -2.31. The molecule has 3 N–H and O–H groups in total. The van der Waals surface area contributed by atoms with Gasteiger partial charge in [0.15, 0.2) is 0 Å². The summed E-state index contributed by atoms with van der Waals surface area (Å²) in [6, 6.07) is 9.58. The quantitative estimate of drug-likeness (QED) is 0.463. The number of aryl methyl sites for hydroxylation is 1. The van der Waals surface area contributed by atoms with E-state index in [0.29, 0.717) is 17.8 Å². The van der Waals surface area contributed by atoms with Crippen molar-refractivity contribution in [3.8, 4) is 5.82 Å². The van der Waals surface area contributed by atoms with E-state index >= 15 is 0 Å². The van der Waals surface area contributed by atoms with Crippen LogP contribution in [0.1, 0.15) is 22.6 Å². The first-order valence-corrected chi connectivity index (χ1v) is 11.3. The molecule has 15 heteroatoms. The largest absolute Gasteiger partial charge is 0.490 e. The van der Waals surface area contributed by atoms with Gasteiger partial charge in [0.2, 0.25) is 5.91 Å². The number of carboxylic acids is 1. The van der Waals surface area contributed by atoms with Crippen LogP contribution in [0.2, 0.25) is 0 Å². The number of hydrogen-bond acceptors (Lipinski definition) is 6. The first kappa shape index (κ1) is 29.2. The molecule has 0 aliphatic carbocycles. The molecule has 3 heterocycles. The summed E-state index contributed by atoms with van der Waals surface area (Å²) >= 11 is 0. The van der Waals surface area contributed by atoms with Crippen LogP contribution in [0.15, 0.2) is 59.3 Å². The van der Waals surface area contributed by atoms with Crippen LogP contribution < -0.4 is 16.3 Å². The number of anilines is 1. The van der Waals surface area contributed by atoms with Crippen molar-refractivity contribution < 1.29 is 36.6 Å². The van der Waals surface area contributed by atoms with Crippen molar-refractivity contribution in [2.45, 2.75) is 32.0 Å². The number of hydrogen-bond donors (Lipinski definition) is 2. The molecule has 0 saturated carbocycles. The summed E-state index contributed by atoms with van der Waals surface area (Å²) in [5.74, 6) is -2.86. The maximum atomic E-state index is 13.0. The number of carbonyl (C=O) groups excluding carboxylic acids is 1. The molecule has 1 aliphatic rings. The van der Waals surface area contributed by atoms with E-state index in [4.69, 9.17) is 15.6 Å². The Labute approximate surface area is 217 Å². The zero-order valence-corrected chi connectivity index (χ0v) is 20.6. The number of aromatic nitrogens is 4. The number of likely N-dealkylation sites (N-methyl/N-ethyl adjacent to an activating group) is 1. The molecule has 1 amide bonds. The molecule has 0 fully saturated rings. The number of halogens is 5. The Bertz CT molecular complexity index is 1480. The van der Waals surface area contributed by atoms with Gasteiger partial charge in [0.05, 0.1) is 12.5 Å². The van der Waals surface area contributed by atoms with Gasteiger partial charge in [-0.3, -0.25) is 4.79 Å². The highest BCUT2D eigenvalue weighted by Gasteiger charge is 2.38. The summed E-state index contributed by atoms with van der Waals surface area (Å²) in [4.78, 5) is 40.6. The van der Waals surface area contributed by atoms with Crippen LogP contribution in [0.4, 0.5) is 27.6 Å². The van der Waals surface area contributed by atoms with Gasteiger partial charge >= 0.3 is 17.8 Å². The topological polar surface area (TPSA) is 136 Å².